The highest BCUT2D eigenvalue weighted by Gasteiger charge is 2.31. The lowest BCUT2D eigenvalue weighted by Crippen LogP contribution is -2.54. The number of piperazine rings is 1. The minimum absolute atomic E-state index is 0.0857. The molecule has 0 spiro atoms. The van der Waals surface area contributed by atoms with E-state index in [4.69, 9.17) is 4.74 Å². The molecule has 1 saturated heterocycles. The quantitative estimate of drug-likeness (QED) is 0.752. The summed E-state index contributed by atoms with van der Waals surface area (Å²) in [5, 5.41) is 3.60. The summed E-state index contributed by atoms with van der Waals surface area (Å²) < 4.78 is 19.4. The summed E-state index contributed by atoms with van der Waals surface area (Å²) in [5.74, 6) is -0.512. The van der Waals surface area contributed by atoms with E-state index in [0.29, 0.717) is 35.7 Å². The molecular formula is C24H33FN4O3. The van der Waals surface area contributed by atoms with Gasteiger partial charge in [-0.05, 0) is 64.2 Å². The first-order chi connectivity index (χ1) is 15.3. The normalized spacial score (nSPS) is 22.3. The molecule has 4 rings (SSSR count). The molecule has 0 radical (unpaired) electrons. The molecule has 2 fully saturated rings. The number of hydrogen-bond acceptors (Lipinski definition) is 4. The number of nitrogens with one attached hydrogen (secondary N) is 2. The second-order valence-corrected chi connectivity index (χ2v) is 9.28. The molecule has 2 heterocycles. The van der Waals surface area contributed by atoms with Gasteiger partial charge in [0.2, 0.25) is 0 Å². The predicted molar refractivity (Wildman–Crippen MR) is 121 cm³/mol. The van der Waals surface area contributed by atoms with E-state index in [-0.39, 0.29) is 30.0 Å². The Hall–Kier alpha value is -2.61. The fourth-order valence-corrected chi connectivity index (χ4v) is 4.88. The molecule has 174 valence electrons. The lowest BCUT2D eigenvalue weighted by Gasteiger charge is -2.42. The number of ether oxygens (including phenoxy) is 1. The van der Waals surface area contributed by atoms with Gasteiger partial charge in [0.05, 0.1) is 11.6 Å². The summed E-state index contributed by atoms with van der Waals surface area (Å²) in [6, 6.07) is 5.22. The van der Waals surface area contributed by atoms with E-state index in [1.807, 2.05) is 20.8 Å². The molecule has 0 bridgehead atoms. The molecule has 32 heavy (non-hydrogen) atoms. The maximum Gasteiger partial charge on any atom is 0.410 e. The number of benzene rings is 1. The number of halogens is 1. The van der Waals surface area contributed by atoms with E-state index < -0.39 is 0 Å². The van der Waals surface area contributed by atoms with Crippen LogP contribution in [0.15, 0.2) is 18.2 Å². The molecule has 2 N–H and O–H groups in total. The predicted octanol–water partition coefficient (Wildman–Crippen LogP) is 3.82. The first-order valence-corrected chi connectivity index (χ1v) is 11.6. The van der Waals surface area contributed by atoms with E-state index in [1.54, 1.807) is 17.0 Å². The van der Waals surface area contributed by atoms with Crippen LogP contribution in [0.4, 0.5) is 9.18 Å². The number of hydrogen-bond donors (Lipinski definition) is 2. The number of carbonyl (C=O) groups is 2. The Balaban J connectivity index is 1.33. The summed E-state index contributed by atoms with van der Waals surface area (Å²) in [7, 11) is 0. The van der Waals surface area contributed by atoms with E-state index in [9.17, 15) is 14.0 Å². The summed E-state index contributed by atoms with van der Waals surface area (Å²) in [5.41, 5.74) is 1.98. The molecule has 1 saturated carbocycles. The number of aromatic nitrogens is 1. The average Bonchev–Trinajstić information content (AvgIpc) is 3.23. The number of nitrogens with zero attached hydrogens (tertiary/aromatic N) is 2. The largest absolute Gasteiger partial charge is 0.447 e. The number of H-pyrrole nitrogens is 1. The molecule has 7 nitrogen and oxygen atoms in total. The Kier molecular flexibility index (Phi) is 6.69. The van der Waals surface area contributed by atoms with Crippen molar-refractivity contribution in [1.82, 2.24) is 20.1 Å². The van der Waals surface area contributed by atoms with Gasteiger partial charge in [-0.2, -0.15) is 0 Å². The fourth-order valence-electron chi connectivity index (χ4n) is 4.88. The average molecular weight is 445 g/mol. The van der Waals surface area contributed by atoms with E-state index in [1.165, 1.54) is 6.07 Å². The number of amides is 2. The maximum absolute atomic E-state index is 14.1. The van der Waals surface area contributed by atoms with Crippen molar-refractivity contribution in [2.45, 2.75) is 64.6 Å². The first-order valence-electron chi connectivity index (χ1n) is 11.6. The number of aromatic amines is 1. The highest BCUT2D eigenvalue weighted by atomic mass is 19.1. The van der Waals surface area contributed by atoms with Crippen LogP contribution in [0.3, 0.4) is 0 Å². The Morgan fingerprint density at radius 3 is 2.62 bits per heavy atom. The van der Waals surface area contributed by atoms with Crippen molar-refractivity contribution in [1.29, 1.82) is 0 Å². The zero-order valence-corrected chi connectivity index (χ0v) is 19.1. The van der Waals surface area contributed by atoms with Crippen LogP contribution in [-0.4, -0.2) is 71.2 Å². The SMILES string of the molecule is Cc1ccc(F)c2cc(C(=O)N[C@@H]3CCC[C@@H](N4CCN(C(=O)OC(C)C)CC4)C3)[nH]c12. The first kappa shape index (κ1) is 22.6. The number of carbonyl (C=O) groups excluding carboxylic acids is 2. The van der Waals surface area contributed by atoms with Crippen LogP contribution in [0.5, 0.6) is 0 Å². The zero-order chi connectivity index (χ0) is 22.8. The molecular weight excluding hydrogens is 411 g/mol. The summed E-state index contributed by atoms with van der Waals surface area (Å²) in [4.78, 5) is 32.3. The molecule has 1 aromatic carbocycles. The van der Waals surface area contributed by atoms with Gasteiger partial charge in [0.15, 0.2) is 0 Å². The van der Waals surface area contributed by atoms with Gasteiger partial charge in [-0.3, -0.25) is 9.69 Å². The third kappa shape index (κ3) is 4.90. The van der Waals surface area contributed by atoms with Gasteiger partial charge in [0.1, 0.15) is 11.5 Å². The maximum atomic E-state index is 14.1. The molecule has 0 unspecified atom stereocenters. The fraction of sp³-hybridized carbons (Fsp3) is 0.583. The monoisotopic (exact) mass is 444 g/mol. The van der Waals surface area contributed by atoms with Crippen molar-refractivity contribution < 1.29 is 18.7 Å². The van der Waals surface area contributed by atoms with Gasteiger partial charge < -0.3 is 19.9 Å². The second-order valence-electron chi connectivity index (χ2n) is 9.28. The van der Waals surface area contributed by atoms with Gasteiger partial charge >= 0.3 is 6.09 Å². The van der Waals surface area contributed by atoms with Crippen molar-refractivity contribution in [3.05, 3.63) is 35.3 Å². The van der Waals surface area contributed by atoms with Crippen molar-refractivity contribution in [2.75, 3.05) is 26.2 Å². The van der Waals surface area contributed by atoms with Crippen molar-refractivity contribution in [3.8, 4) is 0 Å². The van der Waals surface area contributed by atoms with Crippen LogP contribution in [0.25, 0.3) is 10.9 Å². The molecule has 8 heteroatoms. The van der Waals surface area contributed by atoms with Crippen molar-refractivity contribution in [2.24, 2.45) is 0 Å². The standard InChI is InChI=1S/C24H33FN4O3/c1-15(2)32-24(31)29-11-9-28(10-12-29)18-6-4-5-17(13-18)26-23(30)21-14-19-20(25)8-7-16(3)22(19)27-21/h7-8,14-15,17-18,27H,4-6,9-13H2,1-3H3,(H,26,30)/t17-,18-/m1/s1. The highest BCUT2D eigenvalue weighted by molar-refractivity contribution is 5.99. The van der Waals surface area contributed by atoms with E-state index in [2.05, 4.69) is 15.2 Å². The number of fused-ring (bicyclic) bond motifs is 1. The summed E-state index contributed by atoms with van der Waals surface area (Å²) in [6.07, 6.45) is 3.62. The van der Waals surface area contributed by atoms with Crippen LogP contribution >= 0.6 is 0 Å². The van der Waals surface area contributed by atoms with Crippen LogP contribution < -0.4 is 5.32 Å². The Morgan fingerprint density at radius 1 is 1.19 bits per heavy atom. The Labute approximate surface area is 188 Å². The van der Waals surface area contributed by atoms with Crippen LogP contribution in [0, 0.1) is 12.7 Å². The lowest BCUT2D eigenvalue weighted by atomic mass is 9.89. The third-order valence-corrected chi connectivity index (χ3v) is 6.60. The van der Waals surface area contributed by atoms with Gasteiger partial charge in [0.25, 0.3) is 5.91 Å². The molecule has 1 aliphatic heterocycles. The number of aryl methyl sites for hydroxylation is 1. The van der Waals surface area contributed by atoms with Crippen LogP contribution in [0.1, 0.15) is 55.6 Å². The summed E-state index contributed by atoms with van der Waals surface area (Å²) >= 11 is 0. The Bertz CT molecular complexity index is 942. The molecule has 2 aliphatic rings. The van der Waals surface area contributed by atoms with E-state index >= 15 is 0 Å². The smallest absolute Gasteiger partial charge is 0.410 e. The zero-order valence-electron chi connectivity index (χ0n) is 19.1. The van der Waals surface area contributed by atoms with Gasteiger partial charge in [0, 0.05) is 43.6 Å². The molecule has 1 aromatic heterocycles. The molecule has 2 aromatic rings. The second kappa shape index (κ2) is 9.48. The minimum atomic E-state index is -0.324. The molecule has 2 amide bonds. The topological polar surface area (TPSA) is 77.7 Å². The molecule has 2 atom stereocenters. The number of rotatable bonds is 4. The van der Waals surface area contributed by atoms with E-state index in [0.717, 1.165) is 44.3 Å². The van der Waals surface area contributed by atoms with Crippen molar-refractivity contribution in [3.63, 3.8) is 0 Å². The van der Waals surface area contributed by atoms with Crippen LogP contribution in [0.2, 0.25) is 0 Å². The molecule has 1 aliphatic carbocycles. The minimum Gasteiger partial charge on any atom is -0.447 e. The van der Waals surface area contributed by atoms with Gasteiger partial charge in [-0.25, -0.2) is 9.18 Å². The summed E-state index contributed by atoms with van der Waals surface area (Å²) in [6.45, 7) is 8.58. The van der Waals surface area contributed by atoms with Crippen LogP contribution in [-0.2, 0) is 4.74 Å². The van der Waals surface area contributed by atoms with Crippen molar-refractivity contribution >= 4 is 22.9 Å². The third-order valence-electron chi connectivity index (χ3n) is 6.60. The Morgan fingerprint density at radius 2 is 1.94 bits per heavy atom. The highest BCUT2D eigenvalue weighted by Crippen LogP contribution is 2.26. The van der Waals surface area contributed by atoms with Gasteiger partial charge in [-0.1, -0.05) is 6.07 Å². The van der Waals surface area contributed by atoms with Gasteiger partial charge in [-0.15, -0.1) is 0 Å². The lowest BCUT2D eigenvalue weighted by molar-refractivity contribution is 0.0399.